The standard InChI is InChI=1S/C48H30N2O/c1-2-12-33(13-3-1)49-43-21-8-5-16-41(43)47-38(17-11-22-44(47)49)40-19-10-18-39-35-14-4-7-20-42(35)50(48(39)40)34-27-24-31(25-28-34)32-26-29-37-36-15-6-9-23-45(36)51-46(37)30-32/h1-30H. The first kappa shape index (κ1) is 28.0. The van der Waals surface area contributed by atoms with Crippen LogP contribution in [0.5, 0.6) is 0 Å². The van der Waals surface area contributed by atoms with E-state index in [9.17, 15) is 0 Å². The van der Waals surface area contributed by atoms with Gasteiger partial charge in [-0.1, -0.05) is 121 Å². The lowest BCUT2D eigenvalue weighted by molar-refractivity contribution is 0.669. The van der Waals surface area contributed by atoms with Crippen LogP contribution in [-0.2, 0) is 0 Å². The maximum absolute atomic E-state index is 6.23. The van der Waals surface area contributed by atoms with Crippen molar-refractivity contribution in [2.45, 2.75) is 0 Å². The second kappa shape index (κ2) is 10.8. The Bertz CT molecular complexity index is 3120. The fraction of sp³-hybridized carbons (Fsp3) is 0. The van der Waals surface area contributed by atoms with Gasteiger partial charge in [0.1, 0.15) is 11.2 Å². The average molecular weight is 651 g/mol. The van der Waals surface area contributed by atoms with Crippen molar-refractivity contribution in [3.8, 4) is 33.6 Å². The molecule has 0 saturated carbocycles. The quantitative estimate of drug-likeness (QED) is 0.186. The average Bonchev–Trinajstić information content (AvgIpc) is 3.86. The van der Waals surface area contributed by atoms with Gasteiger partial charge in [-0.05, 0) is 77.4 Å². The van der Waals surface area contributed by atoms with Crippen molar-refractivity contribution in [1.82, 2.24) is 9.13 Å². The van der Waals surface area contributed by atoms with Gasteiger partial charge in [-0.3, -0.25) is 0 Å². The lowest BCUT2D eigenvalue weighted by atomic mass is 9.97. The fourth-order valence-corrected chi connectivity index (χ4v) is 8.31. The van der Waals surface area contributed by atoms with Crippen LogP contribution in [0, 0.1) is 0 Å². The molecular weight excluding hydrogens is 621 g/mol. The smallest absolute Gasteiger partial charge is 0.136 e. The molecule has 51 heavy (non-hydrogen) atoms. The molecule has 0 atom stereocenters. The van der Waals surface area contributed by atoms with Gasteiger partial charge in [-0.15, -0.1) is 0 Å². The van der Waals surface area contributed by atoms with E-state index < -0.39 is 0 Å². The summed E-state index contributed by atoms with van der Waals surface area (Å²) in [4.78, 5) is 0. The third-order valence-corrected chi connectivity index (χ3v) is 10.5. The van der Waals surface area contributed by atoms with Gasteiger partial charge in [0.2, 0.25) is 0 Å². The van der Waals surface area contributed by atoms with Crippen LogP contribution in [0.2, 0.25) is 0 Å². The van der Waals surface area contributed by atoms with E-state index in [1.807, 2.05) is 12.1 Å². The van der Waals surface area contributed by atoms with Crippen molar-refractivity contribution in [3.05, 3.63) is 182 Å². The zero-order valence-corrected chi connectivity index (χ0v) is 27.6. The van der Waals surface area contributed by atoms with Crippen molar-refractivity contribution in [2.75, 3.05) is 0 Å². The van der Waals surface area contributed by atoms with Gasteiger partial charge < -0.3 is 13.6 Å². The third kappa shape index (κ3) is 4.12. The molecule has 11 aromatic rings. The number of nitrogens with zero attached hydrogens (tertiary/aromatic N) is 2. The van der Waals surface area contributed by atoms with Crippen molar-refractivity contribution in [2.24, 2.45) is 0 Å². The minimum Gasteiger partial charge on any atom is -0.456 e. The van der Waals surface area contributed by atoms with Gasteiger partial charge in [-0.2, -0.15) is 0 Å². The van der Waals surface area contributed by atoms with E-state index in [1.54, 1.807) is 0 Å². The normalized spacial score (nSPS) is 11.9. The Labute approximate surface area is 293 Å². The van der Waals surface area contributed by atoms with E-state index in [-0.39, 0.29) is 0 Å². The Morgan fingerprint density at radius 1 is 0.333 bits per heavy atom. The van der Waals surface area contributed by atoms with E-state index in [0.717, 1.165) is 44.4 Å². The molecule has 0 N–H and O–H groups in total. The number of hydrogen-bond donors (Lipinski definition) is 0. The highest BCUT2D eigenvalue weighted by molar-refractivity contribution is 6.20. The molecule has 3 heteroatoms. The zero-order chi connectivity index (χ0) is 33.5. The van der Waals surface area contributed by atoms with Crippen LogP contribution >= 0.6 is 0 Å². The van der Waals surface area contributed by atoms with Crippen molar-refractivity contribution < 1.29 is 4.42 Å². The summed E-state index contributed by atoms with van der Waals surface area (Å²) in [5.41, 5.74) is 13.6. The Morgan fingerprint density at radius 3 is 1.76 bits per heavy atom. The molecule has 3 heterocycles. The summed E-state index contributed by atoms with van der Waals surface area (Å²) in [7, 11) is 0. The fourth-order valence-electron chi connectivity index (χ4n) is 8.31. The minimum absolute atomic E-state index is 0.910. The Hall–Kier alpha value is -6.84. The molecule has 0 unspecified atom stereocenters. The predicted molar refractivity (Wildman–Crippen MR) is 213 cm³/mol. The van der Waals surface area contributed by atoms with E-state index in [1.165, 1.54) is 54.7 Å². The third-order valence-electron chi connectivity index (χ3n) is 10.5. The summed E-state index contributed by atoms with van der Waals surface area (Å²) in [6.45, 7) is 0. The van der Waals surface area contributed by atoms with Crippen LogP contribution in [0.15, 0.2) is 186 Å². The molecule has 0 bridgehead atoms. The monoisotopic (exact) mass is 650 g/mol. The topological polar surface area (TPSA) is 23.0 Å². The molecule has 0 amide bonds. The number of benzene rings is 8. The molecular formula is C48H30N2O. The van der Waals surface area contributed by atoms with Crippen LogP contribution in [0.25, 0.3) is 99.2 Å². The van der Waals surface area contributed by atoms with E-state index >= 15 is 0 Å². The molecule has 0 fully saturated rings. The van der Waals surface area contributed by atoms with Crippen molar-refractivity contribution in [1.29, 1.82) is 0 Å². The SMILES string of the molecule is c1ccc(-n2c3ccccc3c3c(-c4cccc5c6ccccc6n(-c6ccc(-c7ccc8c(c7)oc7ccccc78)cc6)c45)cccc32)cc1. The maximum Gasteiger partial charge on any atom is 0.136 e. The summed E-state index contributed by atoms with van der Waals surface area (Å²) in [5, 5.41) is 7.29. The van der Waals surface area contributed by atoms with E-state index in [2.05, 4.69) is 179 Å². The Kier molecular flexibility index (Phi) is 5.96. The van der Waals surface area contributed by atoms with Gasteiger partial charge in [0.15, 0.2) is 0 Å². The van der Waals surface area contributed by atoms with Crippen LogP contribution < -0.4 is 0 Å². The van der Waals surface area contributed by atoms with Crippen LogP contribution in [0.3, 0.4) is 0 Å². The maximum atomic E-state index is 6.23. The molecule has 11 rings (SSSR count). The first-order chi connectivity index (χ1) is 25.3. The van der Waals surface area contributed by atoms with Gasteiger partial charge in [0.05, 0.1) is 22.1 Å². The van der Waals surface area contributed by atoms with Crippen molar-refractivity contribution >= 4 is 65.6 Å². The van der Waals surface area contributed by atoms with Gasteiger partial charge in [0, 0.05) is 49.3 Å². The minimum atomic E-state index is 0.910. The second-order valence-electron chi connectivity index (χ2n) is 13.3. The van der Waals surface area contributed by atoms with Gasteiger partial charge in [0.25, 0.3) is 0 Å². The first-order valence-corrected chi connectivity index (χ1v) is 17.4. The highest BCUT2D eigenvalue weighted by Crippen LogP contribution is 2.43. The summed E-state index contributed by atoms with van der Waals surface area (Å²) in [5.74, 6) is 0. The summed E-state index contributed by atoms with van der Waals surface area (Å²) in [6.07, 6.45) is 0. The number of furan rings is 1. The molecule has 0 aliphatic heterocycles. The number of fused-ring (bicyclic) bond motifs is 9. The second-order valence-corrected chi connectivity index (χ2v) is 13.3. The van der Waals surface area contributed by atoms with E-state index in [4.69, 9.17) is 4.42 Å². The summed E-state index contributed by atoms with van der Waals surface area (Å²) < 4.78 is 11.1. The molecule has 0 aliphatic rings. The summed E-state index contributed by atoms with van der Waals surface area (Å²) in [6, 6.07) is 65.5. The zero-order valence-electron chi connectivity index (χ0n) is 27.6. The molecule has 3 aromatic heterocycles. The lowest BCUT2D eigenvalue weighted by Crippen LogP contribution is -1.96. The number of aromatic nitrogens is 2. The number of rotatable bonds is 4. The molecule has 3 nitrogen and oxygen atoms in total. The highest BCUT2D eigenvalue weighted by atomic mass is 16.3. The first-order valence-electron chi connectivity index (χ1n) is 17.4. The van der Waals surface area contributed by atoms with Crippen molar-refractivity contribution in [3.63, 3.8) is 0 Å². The predicted octanol–water partition coefficient (Wildman–Crippen LogP) is 13.1. The molecule has 0 saturated heterocycles. The van der Waals surface area contributed by atoms with Crippen LogP contribution in [0.4, 0.5) is 0 Å². The molecule has 0 aliphatic carbocycles. The molecule has 0 radical (unpaired) electrons. The lowest BCUT2D eigenvalue weighted by Gasteiger charge is -2.14. The molecule has 8 aromatic carbocycles. The largest absolute Gasteiger partial charge is 0.456 e. The summed E-state index contributed by atoms with van der Waals surface area (Å²) >= 11 is 0. The Balaban J connectivity index is 1.13. The van der Waals surface area contributed by atoms with Crippen LogP contribution in [0.1, 0.15) is 0 Å². The number of hydrogen-bond acceptors (Lipinski definition) is 1. The molecule has 238 valence electrons. The number of para-hydroxylation sites is 5. The molecule has 0 spiro atoms. The van der Waals surface area contributed by atoms with E-state index in [0.29, 0.717) is 0 Å². The van der Waals surface area contributed by atoms with Gasteiger partial charge >= 0.3 is 0 Å². The van der Waals surface area contributed by atoms with Gasteiger partial charge in [-0.25, -0.2) is 0 Å². The highest BCUT2D eigenvalue weighted by Gasteiger charge is 2.21. The van der Waals surface area contributed by atoms with Crippen LogP contribution in [-0.4, -0.2) is 9.13 Å². The Morgan fingerprint density at radius 2 is 0.922 bits per heavy atom.